The summed E-state index contributed by atoms with van der Waals surface area (Å²) in [5.74, 6) is 1.33. The van der Waals surface area contributed by atoms with Crippen molar-refractivity contribution in [3.8, 4) is 11.5 Å². The molecular formula is C18H20N2O4. The summed E-state index contributed by atoms with van der Waals surface area (Å²) in [4.78, 5) is 12.1. The van der Waals surface area contributed by atoms with E-state index in [1.165, 1.54) is 0 Å². The fourth-order valence-corrected chi connectivity index (χ4v) is 2.49. The van der Waals surface area contributed by atoms with E-state index >= 15 is 0 Å². The minimum absolute atomic E-state index is 0.197. The van der Waals surface area contributed by atoms with Crippen molar-refractivity contribution in [2.24, 2.45) is 0 Å². The van der Waals surface area contributed by atoms with Crippen molar-refractivity contribution in [2.75, 3.05) is 32.2 Å². The van der Waals surface area contributed by atoms with Gasteiger partial charge in [0.2, 0.25) is 0 Å². The first-order valence-electron chi connectivity index (χ1n) is 7.78. The van der Waals surface area contributed by atoms with Crippen molar-refractivity contribution in [3.05, 3.63) is 54.1 Å². The quantitative estimate of drug-likeness (QED) is 0.885. The van der Waals surface area contributed by atoms with E-state index < -0.39 is 0 Å². The van der Waals surface area contributed by atoms with Gasteiger partial charge in [0.15, 0.2) is 11.5 Å². The molecule has 0 saturated carbocycles. The largest absolute Gasteiger partial charge is 0.486 e. The van der Waals surface area contributed by atoms with Gasteiger partial charge in [-0.3, -0.25) is 0 Å². The zero-order valence-corrected chi connectivity index (χ0v) is 13.5. The summed E-state index contributed by atoms with van der Waals surface area (Å²) in [5.41, 5.74) is 1.66. The number of nitrogens with one attached hydrogen (secondary N) is 2. The summed E-state index contributed by atoms with van der Waals surface area (Å²) in [6.07, 6.45) is -0.197. The molecule has 0 bridgehead atoms. The molecule has 2 aromatic rings. The molecule has 0 fully saturated rings. The number of methoxy groups -OCH3 is 1. The SMILES string of the molecule is COC(CNC(=O)Nc1ccc2c(c1)OCCO2)c1ccccc1. The number of hydrogen-bond donors (Lipinski definition) is 2. The minimum Gasteiger partial charge on any atom is -0.486 e. The number of hydrogen-bond acceptors (Lipinski definition) is 4. The van der Waals surface area contributed by atoms with Gasteiger partial charge >= 0.3 is 6.03 Å². The molecule has 1 heterocycles. The molecule has 2 N–H and O–H groups in total. The number of amides is 2. The van der Waals surface area contributed by atoms with Crippen LogP contribution in [0.15, 0.2) is 48.5 Å². The highest BCUT2D eigenvalue weighted by Crippen LogP contribution is 2.32. The van der Waals surface area contributed by atoms with Crippen LogP contribution in [0, 0.1) is 0 Å². The molecule has 2 amide bonds. The van der Waals surface area contributed by atoms with Gasteiger partial charge in [0, 0.05) is 25.4 Å². The molecule has 0 aliphatic carbocycles. The number of rotatable bonds is 5. The molecule has 0 radical (unpaired) electrons. The average molecular weight is 328 g/mol. The van der Waals surface area contributed by atoms with E-state index in [2.05, 4.69) is 10.6 Å². The smallest absolute Gasteiger partial charge is 0.319 e. The maximum absolute atomic E-state index is 12.1. The summed E-state index contributed by atoms with van der Waals surface area (Å²) in [5, 5.41) is 5.60. The minimum atomic E-state index is -0.301. The summed E-state index contributed by atoms with van der Waals surface area (Å²) >= 11 is 0. The molecular weight excluding hydrogens is 308 g/mol. The average Bonchev–Trinajstić information content (AvgIpc) is 2.63. The maximum Gasteiger partial charge on any atom is 0.319 e. The van der Waals surface area contributed by atoms with E-state index in [1.807, 2.05) is 30.3 Å². The third-order valence-electron chi connectivity index (χ3n) is 3.70. The Morgan fingerprint density at radius 3 is 2.62 bits per heavy atom. The van der Waals surface area contributed by atoms with Gasteiger partial charge in [-0.1, -0.05) is 30.3 Å². The lowest BCUT2D eigenvalue weighted by molar-refractivity contribution is 0.104. The topological polar surface area (TPSA) is 68.8 Å². The molecule has 0 spiro atoms. The molecule has 3 rings (SSSR count). The molecule has 6 heteroatoms. The first-order chi connectivity index (χ1) is 11.8. The molecule has 6 nitrogen and oxygen atoms in total. The highest BCUT2D eigenvalue weighted by molar-refractivity contribution is 5.89. The Kier molecular flexibility index (Phi) is 5.18. The molecule has 0 saturated heterocycles. The fraction of sp³-hybridized carbons (Fsp3) is 0.278. The van der Waals surface area contributed by atoms with Gasteiger partial charge in [-0.25, -0.2) is 4.79 Å². The summed E-state index contributed by atoms with van der Waals surface area (Å²) in [6.45, 7) is 1.42. The van der Waals surface area contributed by atoms with Crippen LogP contribution < -0.4 is 20.1 Å². The van der Waals surface area contributed by atoms with Crippen LogP contribution in [-0.2, 0) is 4.74 Å². The van der Waals surface area contributed by atoms with E-state index in [0.29, 0.717) is 36.9 Å². The zero-order chi connectivity index (χ0) is 16.8. The lowest BCUT2D eigenvalue weighted by Gasteiger charge is -2.19. The number of carbonyl (C=O) groups excluding carboxylic acids is 1. The molecule has 0 aromatic heterocycles. The van der Waals surface area contributed by atoms with Gasteiger partial charge in [-0.05, 0) is 17.7 Å². The Hall–Kier alpha value is -2.73. The monoisotopic (exact) mass is 328 g/mol. The summed E-state index contributed by atoms with van der Waals surface area (Å²) < 4.78 is 16.4. The first-order valence-corrected chi connectivity index (χ1v) is 7.78. The number of ether oxygens (including phenoxy) is 3. The second-order valence-electron chi connectivity index (χ2n) is 5.33. The van der Waals surface area contributed by atoms with Crippen molar-refractivity contribution in [1.82, 2.24) is 5.32 Å². The number of benzene rings is 2. The van der Waals surface area contributed by atoms with Gasteiger partial charge in [0.05, 0.1) is 6.10 Å². The Balaban J connectivity index is 1.55. The highest BCUT2D eigenvalue weighted by Gasteiger charge is 2.14. The molecule has 126 valence electrons. The Bertz CT molecular complexity index is 691. The molecule has 1 aliphatic heterocycles. The predicted octanol–water partition coefficient (Wildman–Crippen LogP) is 2.97. The number of anilines is 1. The standard InChI is InChI=1S/C18H20N2O4/c1-22-17(13-5-3-2-4-6-13)12-19-18(21)20-14-7-8-15-16(11-14)24-10-9-23-15/h2-8,11,17H,9-10,12H2,1H3,(H2,19,20,21). The normalized spacial score (nSPS) is 13.9. The third-order valence-corrected chi connectivity index (χ3v) is 3.70. The van der Waals surface area contributed by atoms with E-state index in [4.69, 9.17) is 14.2 Å². The van der Waals surface area contributed by atoms with Gasteiger partial charge in [0.25, 0.3) is 0 Å². The van der Waals surface area contributed by atoms with Gasteiger partial charge in [-0.15, -0.1) is 0 Å². The molecule has 1 unspecified atom stereocenters. The predicted molar refractivity (Wildman–Crippen MR) is 90.6 cm³/mol. The summed E-state index contributed by atoms with van der Waals surface area (Å²) in [6, 6.07) is 14.8. The molecule has 2 aromatic carbocycles. The Labute approximate surface area is 140 Å². The van der Waals surface area contributed by atoms with Crippen LogP contribution in [0.2, 0.25) is 0 Å². The Morgan fingerprint density at radius 2 is 1.88 bits per heavy atom. The number of carbonyl (C=O) groups is 1. The van der Waals surface area contributed by atoms with Crippen molar-refractivity contribution in [2.45, 2.75) is 6.10 Å². The van der Waals surface area contributed by atoms with Crippen LogP contribution in [0.4, 0.5) is 10.5 Å². The van der Waals surface area contributed by atoms with E-state index in [1.54, 1.807) is 25.3 Å². The van der Waals surface area contributed by atoms with Crippen LogP contribution in [0.1, 0.15) is 11.7 Å². The number of fused-ring (bicyclic) bond motifs is 1. The van der Waals surface area contributed by atoms with Crippen molar-refractivity contribution in [1.29, 1.82) is 0 Å². The molecule has 1 aliphatic rings. The zero-order valence-electron chi connectivity index (χ0n) is 13.5. The van der Waals surface area contributed by atoms with Crippen LogP contribution in [0.3, 0.4) is 0 Å². The summed E-state index contributed by atoms with van der Waals surface area (Å²) in [7, 11) is 1.62. The second kappa shape index (κ2) is 7.70. The van der Waals surface area contributed by atoms with Crippen molar-refractivity contribution < 1.29 is 19.0 Å². The molecule has 1 atom stereocenters. The molecule has 24 heavy (non-hydrogen) atoms. The van der Waals surface area contributed by atoms with E-state index in [0.717, 1.165) is 5.56 Å². The van der Waals surface area contributed by atoms with Crippen molar-refractivity contribution in [3.63, 3.8) is 0 Å². The first kappa shape index (κ1) is 16.1. The Morgan fingerprint density at radius 1 is 1.12 bits per heavy atom. The van der Waals surface area contributed by atoms with Crippen molar-refractivity contribution >= 4 is 11.7 Å². The van der Waals surface area contributed by atoms with Gasteiger partial charge in [-0.2, -0.15) is 0 Å². The maximum atomic E-state index is 12.1. The van der Waals surface area contributed by atoms with E-state index in [-0.39, 0.29) is 12.1 Å². The second-order valence-corrected chi connectivity index (χ2v) is 5.33. The number of urea groups is 1. The third kappa shape index (κ3) is 3.97. The lowest BCUT2D eigenvalue weighted by Crippen LogP contribution is -2.33. The fourth-order valence-electron chi connectivity index (χ4n) is 2.49. The van der Waals surface area contributed by atoms with Gasteiger partial charge in [0.1, 0.15) is 13.2 Å². The van der Waals surface area contributed by atoms with E-state index in [9.17, 15) is 4.79 Å². The van der Waals surface area contributed by atoms with Gasteiger partial charge < -0.3 is 24.8 Å². The van der Waals surface area contributed by atoms with Crippen LogP contribution in [0.25, 0.3) is 0 Å². The van der Waals surface area contributed by atoms with Crippen LogP contribution in [-0.4, -0.2) is 32.9 Å². The van der Waals surface area contributed by atoms with Crippen LogP contribution >= 0.6 is 0 Å². The van der Waals surface area contributed by atoms with Crippen LogP contribution in [0.5, 0.6) is 11.5 Å². The highest BCUT2D eigenvalue weighted by atomic mass is 16.6. The lowest BCUT2D eigenvalue weighted by atomic mass is 10.1.